The quantitative estimate of drug-likeness (QED) is 0.572. The molecule has 0 bridgehead atoms. The Balaban J connectivity index is 1.75. The second-order valence-electron chi connectivity index (χ2n) is 6.92. The van der Waals surface area contributed by atoms with E-state index in [1.165, 1.54) is 0 Å². The Morgan fingerprint density at radius 2 is 1.97 bits per heavy atom. The fourth-order valence-corrected chi connectivity index (χ4v) is 3.41. The monoisotopic (exact) mass is 397 g/mol. The molecule has 29 heavy (non-hydrogen) atoms. The number of nitrogens with zero attached hydrogens (tertiary/aromatic N) is 4. The molecular weight excluding hydrogens is 366 g/mol. The summed E-state index contributed by atoms with van der Waals surface area (Å²) in [5, 5.41) is 3.39. The SMILES string of the molecule is CCNC(=NCc1cccnc1N1CCOCC1)N(C)Cc1ccccc1OC. The highest BCUT2D eigenvalue weighted by Gasteiger charge is 2.16. The average Bonchev–Trinajstić information content (AvgIpc) is 2.77. The van der Waals surface area contributed by atoms with Crippen molar-refractivity contribution < 1.29 is 9.47 Å². The largest absolute Gasteiger partial charge is 0.496 e. The number of hydrogen-bond donors (Lipinski definition) is 1. The van der Waals surface area contributed by atoms with Crippen LogP contribution in [0.25, 0.3) is 0 Å². The third kappa shape index (κ3) is 5.60. The first-order valence-corrected chi connectivity index (χ1v) is 10.1. The van der Waals surface area contributed by atoms with Crippen LogP contribution in [0.2, 0.25) is 0 Å². The molecule has 0 radical (unpaired) electrons. The van der Waals surface area contributed by atoms with Crippen LogP contribution in [0, 0.1) is 0 Å². The first-order chi connectivity index (χ1) is 14.2. The molecule has 1 aromatic carbocycles. The molecule has 1 N–H and O–H groups in total. The normalized spacial score (nSPS) is 14.6. The zero-order chi connectivity index (χ0) is 20.5. The number of ether oxygens (including phenoxy) is 2. The van der Waals surface area contributed by atoms with Crippen molar-refractivity contribution in [1.29, 1.82) is 0 Å². The summed E-state index contributed by atoms with van der Waals surface area (Å²) in [5.41, 5.74) is 2.24. The van der Waals surface area contributed by atoms with Crippen molar-refractivity contribution in [3.63, 3.8) is 0 Å². The summed E-state index contributed by atoms with van der Waals surface area (Å²) in [6, 6.07) is 12.1. The Hall–Kier alpha value is -2.80. The molecule has 0 unspecified atom stereocenters. The number of pyridine rings is 1. The Bertz CT molecular complexity index is 805. The van der Waals surface area contributed by atoms with Crippen LogP contribution < -0.4 is 15.0 Å². The van der Waals surface area contributed by atoms with E-state index in [0.717, 1.165) is 61.5 Å². The highest BCUT2D eigenvalue weighted by Crippen LogP contribution is 2.21. The van der Waals surface area contributed by atoms with E-state index in [1.807, 2.05) is 37.5 Å². The highest BCUT2D eigenvalue weighted by atomic mass is 16.5. The van der Waals surface area contributed by atoms with Gasteiger partial charge in [0, 0.05) is 50.6 Å². The molecule has 2 aromatic rings. The lowest BCUT2D eigenvalue weighted by molar-refractivity contribution is 0.122. The van der Waals surface area contributed by atoms with E-state index in [9.17, 15) is 0 Å². The van der Waals surface area contributed by atoms with E-state index in [-0.39, 0.29) is 0 Å². The molecule has 156 valence electrons. The second-order valence-corrected chi connectivity index (χ2v) is 6.92. The fourth-order valence-electron chi connectivity index (χ4n) is 3.41. The van der Waals surface area contributed by atoms with Crippen LogP contribution >= 0.6 is 0 Å². The summed E-state index contributed by atoms with van der Waals surface area (Å²) in [4.78, 5) is 13.9. The minimum Gasteiger partial charge on any atom is -0.496 e. The molecule has 3 rings (SSSR count). The zero-order valence-corrected chi connectivity index (χ0v) is 17.6. The molecule has 2 heterocycles. The third-order valence-electron chi connectivity index (χ3n) is 4.87. The van der Waals surface area contributed by atoms with Crippen molar-refractivity contribution >= 4 is 11.8 Å². The van der Waals surface area contributed by atoms with Gasteiger partial charge in [-0.1, -0.05) is 24.3 Å². The Labute approximate surface area is 173 Å². The minimum atomic E-state index is 0.569. The number of benzene rings is 1. The molecular formula is C22H31N5O2. The van der Waals surface area contributed by atoms with Gasteiger partial charge in [-0.2, -0.15) is 0 Å². The highest BCUT2D eigenvalue weighted by molar-refractivity contribution is 5.79. The Kier molecular flexibility index (Phi) is 7.69. The van der Waals surface area contributed by atoms with Crippen molar-refractivity contribution in [2.45, 2.75) is 20.0 Å². The van der Waals surface area contributed by atoms with Crippen LogP contribution in [0.4, 0.5) is 5.82 Å². The molecule has 7 heteroatoms. The number of aliphatic imine (C=N–C) groups is 1. The smallest absolute Gasteiger partial charge is 0.194 e. The maximum Gasteiger partial charge on any atom is 0.194 e. The standard InChI is InChI=1S/C22H31N5O2/c1-4-23-22(26(2)17-19-8-5-6-10-20(19)28-3)25-16-18-9-7-11-24-21(18)27-12-14-29-15-13-27/h5-11H,4,12-17H2,1-3H3,(H,23,25). The number of rotatable bonds is 7. The number of anilines is 1. The van der Waals surface area contributed by atoms with Gasteiger partial charge in [-0.05, 0) is 19.1 Å². The van der Waals surface area contributed by atoms with Gasteiger partial charge in [0.2, 0.25) is 0 Å². The van der Waals surface area contributed by atoms with Gasteiger partial charge in [-0.25, -0.2) is 9.98 Å². The third-order valence-corrected chi connectivity index (χ3v) is 4.87. The maximum absolute atomic E-state index is 5.49. The van der Waals surface area contributed by atoms with Gasteiger partial charge in [0.25, 0.3) is 0 Å². The molecule has 7 nitrogen and oxygen atoms in total. The molecule has 0 spiro atoms. The lowest BCUT2D eigenvalue weighted by Crippen LogP contribution is -2.39. The van der Waals surface area contributed by atoms with E-state index in [0.29, 0.717) is 13.1 Å². The topological polar surface area (TPSA) is 62.2 Å². The minimum absolute atomic E-state index is 0.569. The van der Waals surface area contributed by atoms with Crippen molar-refractivity contribution in [3.8, 4) is 5.75 Å². The van der Waals surface area contributed by atoms with Gasteiger partial charge < -0.3 is 24.6 Å². The lowest BCUT2D eigenvalue weighted by Gasteiger charge is -2.29. The van der Waals surface area contributed by atoms with E-state index in [1.54, 1.807) is 7.11 Å². The molecule has 0 amide bonds. The first kappa shape index (κ1) is 20.9. The number of methoxy groups -OCH3 is 1. The van der Waals surface area contributed by atoms with Crippen LogP contribution in [0.15, 0.2) is 47.6 Å². The van der Waals surface area contributed by atoms with Gasteiger partial charge in [0.1, 0.15) is 11.6 Å². The fraction of sp³-hybridized carbons (Fsp3) is 0.455. The van der Waals surface area contributed by atoms with Crippen LogP contribution in [0.1, 0.15) is 18.1 Å². The predicted molar refractivity (Wildman–Crippen MR) is 117 cm³/mol. The summed E-state index contributed by atoms with van der Waals surface area (Å²) in [6.45, 7) is 7.36. The van der Waals surface area contributed by atoms with Crippen molar-refractivity contribution in [1.82, 2.24) is 15.2 Å². The number of guanidine groups is 1. The van der Waals surface area contributed by atoms with Crippen molar-refractivity contribution in [2.24, 2.45) is 4.99 Å². The number of aromatic nitrogens is 1. The summed E-state index contributed by atoms with van der Waals surface area (Å²) in [5.74, 6) is 2.75. The summed E-state index contributed by atoms with van der Waals surface area (Å²) in [7, 11) is 3.74. The maximum atomic E-state index is 5.49. The molecule has 1 aliphatic rings. The lowest BCUT2D eigenvalue weighted by atomic mass is 10.2. The van der Waals surface area contributed by atoms with E-state index in [2.05, 4.69) is 39.2 Å². The molecule has 1 aromatic heterocycles. The summed E-state index contributed by atoms with van der Waals surface area (Å²) < 4.78 is 11.0. The molecule has 0 saturated carbocycles. The number of nitrogens with one attached hydrogen (secondary N) is 1. The summed E-state index contributed by atoms with van der Waals surface area (Å²) >= 11 is 0. The molecule has 1 saturated heterocycles. The average molecular weight is 398 g/mol. The van der Waals surface area contributed by atoms with Gasteiger partial charge in [-0.15, -0.1) is 0 Å². The zero-order valence-electron chi connectivity index (χ0n) is 17.6. The predicted octanol–water partition coefficient (Wildman–Crippen LogP) is 2.52. The van der Waals surface area contributed by atoms with Crippen LogP contribution in [-0.4, -0.2) is 62.8 Å². The Morgan fingerprint density at radius 1 is 1.21 bits per heavy atom. The van der Waals surface area contributed by atoms with Crippen LogP contribution in [-0.2, 0) is 17.8 Å². The van der Waals surface area contributed by atoms with E-state index >= 15 is 0 Å². The molecule has 0 aliphatic carbocycles. The number of hydrogen-bond acceptors (Lipinski definition) is 5. The van der Waals surface area contributed by atoms with Crippen molar-refractivity contribution in [2.75, 3.05) is 51.9 Å². The molecule has 1 aliphatic heterocycles. The van der Waals surface area contributed by atoms with Gasteiger partial charge in [0.15, 0.2) is 5.96 Å². The second kappa shape index (κ2) is 10.7. The van der Waals surface area contributed by atoms with Crippen molar-refractivity contribution in [3.05, 3.63) is 53.7 Å². The van der Waals surface area contributed by atoms with E-state index in [4.69, 9.17) is 14.5 Å². The summed E-state index contributed by atoms with van der Waals surface area (Å²) in [6.07, 6.45) is 1.84. The van der Waals surface area contributed by atoms with Gasteiger partial charge >= 0.3 is 0 Å². The van der Waals surface area contributed by atoms with Gasteiger partial charge in [-0.3, -0.25) is 0 Å². The number of para-hydroxylation sites is 1. The van der Waals surface area contributed by atoms with Gasteiger partial charge in [0.05, 0.1) is 26.9 Å². The van der Waals surface area contributed by atoms with Crippen LogP contribution in [0.3, 0.4) is 0 Å². The Morgan fingerprint density at radius 3 is 2.72 bits per heavy atom. The van der Waals surface area contributed by atoms with E-state index < -0.39 is 0 Å². The molecule has 0 atom stereocenters. The molecule has 1 fully saturated rings. The number of morpholine rings is 1. The first-order valence-electron chi connectivity index (χ1n) is 10.1. The van der Waals surface area contributed by atoms with Crippen LogP contribution in [0.5, 0.6) is 5.75 Å².